The fourth-order valence-electron chi connectivity index (χ4n) is 6.38. The van der Waals surface area contributed by atoms with Crippen LogP contribution in [0, 0.1) is 23.7 Å². The Morgan fingerprint density at radius 1 is 1.00 bits per heavy atom. The van der Waals surface area contributed by atoms with E-state index < -0.39 is 8.24 Å². The van der Waals surface area contributed by atoms with Gasteiger partial charge in [0, 0.05) is 16.0 Å². The molecule has 7 unspecified atom stereocenters. The van der Waals surface area contributed by atoms with Gasteiger partial charge in [0.2, 0.25) is 0 Å². The van der Waals surface area contributed by atoms with Crippen LogP contribution in [-0.4, -0.2) is 24.3 Å². The van der Waals surface area contributed by atoms with Gasteiger partial charge in [-0.2, -0.15) is 11.8 Å². The van der Waals surface area contributed by atoms with Crippen molar-refractivity contribution in [3.8, 4) is 0 Å². The molecular weight excluding hydrogens is 302 g/mol. The lowest BCUT2D eigenvalue weighted by molar-refractivity contribution is 0.222. The minimum atomic E-state index is -1.43. The van der Waals surface area contributed by atoms with Gasteiger partial charge in [0.25, 0.3) is 0 Å². The van der Waals surface area contributed by atoms with E-state index in [0.29, 0.717) is 0 Å². The third-order valence-electron chi connectivity index (χ3n) is 6.85. The molecule has 0 amide bonds. The molecule has 128 valence electrons. The predicted octanol–water partition coefficient (Wildman–Crippen LogP) is 5.53. The largest absolute Gasteiger partial charge is 0.332 e. The average molecular weight is 340 g/mol. The van der Waals surface area contributed by atoms with Crippen LogP contribution in [0.25, 0.3) is 0 Å². The summed E-state index contributed by atoms with van der Waals surface area (Å²) in [7, 11) is -1.43. The molecule has 22 heavy (non-hydrogen) atoms. The molecule has 1 nitrogen and oxygen atoms in total. The highest BCUT2D eigenvalue weighted by atomic mass is 32.2. The van der Waals surface area contributed by atoms with Gasteiger partial charge in [0.05, 0.1) is 0 Å². The number of thioether (sulfide) groups is 1. The van der Waals surface area contributed by atoms with Crippen molar-refractivity contribution in [2.24, 2.45) is 23.7 Å². The molecule has 3 heteroatoms. The number of nitrogens with one attached hydrogen (secondary N) is 1. The molecule has 1 aliphatic heterocycles. The van der Waals surface area contributed by atoms with E-state index in [1.165, 1.54) is 25.7 Å². The Morgan fingerprint density at radius 2 is 1.64 bits per heavy atom. The Morgan fingerprint density at radius 3 is 2.27 bits per heavy atom. The van der Waals surface area contributed by atoms with Crippen molar-refractivity contribution in [2.45, 2.75) is 95.0 Å². The van der Waals surface area contributed by atoms with Gasteiger partial charge in [-0.3, -0.25) is 0 Å². The summed E-state index contributed by atoms with van der Waals surface area (Å²) < 4.78 is 0. The van der Waals surface area contributed by atoms with Crippen LogP contribution in [0.5, 0.6) is 0 Å². The molecule has 3 fully saturated rings. The summed E-state index contributed by atoms with van der Waals surface area (Å²) in [4.78, 5) is 4.11. The van der Waals surface area contributed by atoms with Gasteiger partial charge in [0.1, 0.15) is 8.24 Å². The molecule has 3 aliphatic rings. The lowest BCUT2D eigenvalue weighted by atomic mass is 9.75. The zero-order valence-corrected chi connectivity index (χ0v) is 17.6. The first-order valence-electron chi connectivity index (χ1n) is 9.56. The summed E-state index contributed by atoms with van der Waals surface area (Å²) in [5.74, 6) is 3.90. The van der Waals surface area contributed by atoms with Crippen molar-refractivity contribution in [3.63, 3.8) is 0 Å². The summed E-state index contributed by atoms with van der Waals surface area (Å²) >= 11 is 2.43. The maximum absolute atomic E-state index is 4.11. The number of hydrogen-bond acceptors (Lipinski definition) is 2. The van der Waals surface area contributed by atoms with Gasteiger partial charge in [-0.05, 0) is 62.8 Å². The van der Waals surface area contributed by atoms with Crippen LogP contribution >= 0.6 is 11.8 Å². The van der Waals surface area contributed by atoms with Crippen LogP contribution in [0.4, 0.5) is 0 Å². The maximum atomic E-state index is 4.11. The number of hydrogen-bond donors (Lipinski definition) is 1. The molecule has 0 aromatic heterocycles. The van der Waals surface area contributed by atoms with Crippen molar-refractivity contribution in [1.82, 2.24) is 4.98 Å². The summed E-state index contributed by atoms with van der Waals surface area (Å²) in [6, 6.07) is 0. The summed E-state index contributed by atoms with van der Waals surface area (Å²) in [5, 5.41) is 1.95. The van der Waals surface area contributed by atoms with Crippen molar-refractivity contribution >= 4 is 20.0 Å². The topological polar surface area (TPSA) is 12.0 Å². The predicted molar refractivity (Wildman–Crippen MR) is 103 cm³/mol. The van der Waals surface area contributed by atoms with E-state index in [1.807, 2.05) is 0 Å². The Bertz CT molecular complexity index is 416. The molecule has 1 heterocycles. The van der Waals surface area contributed by atoms with Crippen molar-refractivity contribution < 1.29 is 0 Å². The van der Waals surface area contributed by atoms with Gasteiger partial charge in [-0.1, -0.05) is 39.8 Å². The molecule has 0 aromatic rings. The molecule has 0 bridgehead atoms. The third-order valence-corrected chi connectivity index (χ3v) is 12.9. The van der Waals surface area contributed by atoms with Crippen LogP contribution in [-0.2, 0) is 0 Å². The third kappa shape index (κ3) is 2.95. The molecule has 1 saturated heterocycles. The highest BCUT2D eigenvalue weighted by Crippen LogP contribution is 2.65. The first-order chi connectivity index (χ1) is 10.1. The highest BCUT2D eigenvalue weighted by Gasteiger charge is 2.60. The Kier molecular flexibility index (Phi) is 4.58. The normalized spacial score (nSPS) is 45.7. The summed E-state index contributed by atoms with van der Waals surface area (Å²) in [5.41, 5.74) is 1.20. The fraction of sp³-hybridized carbons (Fsp3) is 1.00. The van der Waals surface area contributed by atoms with E-state index in [-0.39, 0.29) is 5.54 Å². The summed E-state index contributed by atoms with van der Waals surface area (Å²) in [6.45, 7) is 17.4. The minimum absolute atomic E-state index is 0.257. The molecule has 0 aromatic carbocycles. The lowest BCUT2D eigenvalue weighted by Crippen LogP contribution is -2.59. The van der Waals surface area contributed by atoms with Gasteiger partial charge in [-0.15, -0.1) is 0 Å². The lowest BCUT2D eigenvalue weighted by Gasteiger charge is -2.42. The Labute approximate surface area is 143 Å². The SMILES string of the molecule is CC1C(C)C([Si](C)(C)NC(C)(C)C)C2SC3CCCCC3C12. The van der Waals surface area contributed by atoms with E-state index in [1.54, 1.807) is 0 Å². The maximum Gasteiger partial charge on any atom is 0.124 e. The minimum Gasteiger partial charge on any atom is -0.332 e. The van der Waals surface area contributed by atoms with E-state index in [4.69, 9.17) is 0 Å². The van der Waals surface area contributed by atoms with E-state index >= 15 is 0 Å². The van der Waals surface area contributed by atoms with Crippen LogP contribution in [0.15, 0.2) is 0 Å². The van der Waals surface area contributed by atoms with Crippen LogP contribution < -0.4 is 4.98 Å². The van der Waals surface area contributed by atoms with Crippen LogP contribution in [0.2, 0.25) is 18.6 Å². The number of rotatable bonds is 2. The van der Waals surface area contributed by atoms with Crippen LogP contribution in [0.3, 0.4) is 0 Å². The number of fused-ring (bicyclic) bond motifs is 3. The van der Waals surface area contributed by atoms with Gasteiger partial charge in [-0.25, -0.2) is 0 Å². The molecule has 1 N–H and O–H groups in total. The van der Waals surface area contributed by atoms with Crippen molar-refractivity contribution in [3.05, 3.63) is 0 Å². The smallest absolute Gasteiger partial charge is 0.124 e. The van der Waals surface area contributed by atoms with Crippen molar-refractivity contribution in [2.75, 3.05) is 0 Å². The molecule has 3 rings (SSSR count). The van der Waals surface area contributed by atoms with Crippen LogP contribution in [0.1, 0.15) is 60.3 Å². The Hall–Kier alpha value is 0.527. The monoisotopic (exact) mass is 339 g/mol. The van der Waals surface area contributed by atoms with Gasteiger partial charge >= 0.3 is 0 Å². The zero-order valence-electron chi connectivity index (χ0n) is 15.8. The molecule has 2 aliphatic carbocycles. The molecule has 0 radical (unpaired) electrons. The molecule has 0 spiro atoms. The second kappa shape index (κ2) is 5.81. The van der Waals surface area contributed by atoms with Gasteiger partial charge in [0.15, 0.2) is 0 Å². The molecular formula is C19H37NSSi. The fourth-order valence-corrected chi connectivity index (χ4v) is 14.7. The average Bonchev–Trinajstić information content (AvgIpc) is 2.83. The summed E-state index contributed by atoms with van der Waals surface area (Å²) in [6.07, 6.45) is 6.02. The van der Waals surface area contributed by atoms with E-state index in [9.17, 15) is 0 Å². The second-order valence-corrected chi connectivity index (χ2v) is 15.8. The van der Waals surface area contributed by atoms with E-state index in [2.05, 4.69) is 64.5 Å². The first-order valence-corrected chi connectivity index (χ1v) is 13.6. The first kappa shape index (κ1) is 17.4. The standard InChI is InChI=1S/C19H37NSSi/c1-12-13(2)18(22(6,7)20-19(3,4)5)17-16(12)14-10-8-9-11-15(14)21-17/h12-18,20H,8-11H2,1-7H3. The second-order valence-electron chi connectivity index (χ2n) is 10.0. The molecule has 2 saturated carbocycles. The highest BCUT2D eigenvalue weighted by molar-refractivity contribution is 8.01. The molecule has 7 atom stereocenters. The van der Waals surface area contributed by atoms with Crippen molar-refractivity contribution in [1.29, 1.82) is 0 Å². The quantitative estimate of drug-likeness (QED) is 0.664. The van der Waals surface area contributed by atoms with E-state index in [0.717, 1.165) is 39.7 Å². The van der Waals surface area contributed by atoms with Gasteiger partial charge < -0.3 is 4.98 Å². The Balaban J connectivity index is 1.86. The zero-order chi connectivity index (χ0) is 16.3.